The Labute approximate surface area is 613 Å². The molecule has 0 heterocycles. The van der Waals surface area contributed by atoms with E-state index in [-0.39, 0.29) is 25.7 Å². The number of aliphatic hydroxyl groups is 1. The Hall–Kier alpha value is -1.94. The fraction of sp³-hybridized carbons (Fsp3) is 0.951. The number of aliphatic hydroxyl groups excluding tert-OH is 1. The van der Waals surface area contributed by atoms with Gasteiger partial charge in [0.15, 0.2) is 12.2 Å². The van der Waals surface area contributed by atoms with E-state index in [1.165, 1.54) is 257 Å². The maximum absolute atomic E-state index is 13.1. The number of phosphoric acid groups is 2. The summed E-state index contributed by atoms with van der Waals surface area (Å²) >= 11 is 0. The molecule has 594 valence electrons. The van der Waals surface area contributed by atoms with Crippen LogP contribution in [-0.4, -0.2) is 96.7 Å². The molecule has 0 saturated carbocycles. The number of hydrogen-bond acceptors (Lipinski definition) is 15. The first-order valence-electron chi connectivity index (χ1n) is 42.1. The first-order valence-corrected chi connectivity index (χ1v) is 45.1. The molecule has 0 aromatic rings. The van der Waals surface area contributed by atoms with Crippen molar-refractivity contribution in [3.05, 3.63) is 0 Å². The minimum Gasteiger partial charge on any atom is -0.462 e. The molecule has 3 N–H and O–H groups in total. The summed E-state index contributed by atoms with van der Waals surface area (Å²) in [6.07, 6.45) is 65.2. The van der Waals surface area contributed by atoms with Crippen molar-refractivity contribution in [3.8, 4) is 0 Å². The molecule has 0 aromatic carbocycles. The highest BCUT2D eigenvalue weighted by Crippen LogP contribution is 2.45. The fourth-order valence-electron chi connectivity index (χ4n) is 12.6. The van der Waals surface area contributed by atoms with Gasteiger partial charge >= 0.3 is 39.5 Å². The minimum atomic E-state index is -4.96. The van der Waals surface area contributed by atoms with Crippen molar-refractivity contribution in [3.63, 3.8) is 0 Å². The van der Waals surface area contributed by atoms with Crippen LogP contribution in [0, 0.1) is 5.92 Å². The Morgan fingerprint density at radius 2 is 0.460 bits per heavy atom. The van der Waals surface area contributed by atoms with Gasteiger partial charge in [-0.3, -0.25) is 37.3 Å². The third-order valence-corrected chi connectivity index (χ3v) is 20.9. The Bertz CT molecular complexity index is 1910. The summed E-state index contributed by atoms with van der Waals surface area (Å²) in [5.41, 5.74) is 0. The number of carbonyl (C=O) groups excluding carboxylic acids is 4. The molecule has 0 fully saturated rings. The SMILES string of the molecule is CCCCCCCCCCCCCCCCCCCCCCCC(=O)O[C@H](COC(=O)CCCCCCCCCCCCCCCC(C)C)COP(=O)(O)OC[C@@H](O)COP(=O)(O)OC[C@@H](COC(=O)CCCCCCCCCCCC)OC(=O)CCCCCCCCCCCCCCC. The molecule has 0 aliphatic carbocycles. The number of phosphoric ester groups is 2. The van der Waals surface area contributed by atoms with Gasteiger partial charge in [-0.2, -0.15) is 0 Å². The van der Waals surface area contributed by atoms with Crippen molar-refractivity contribution < 1.29 is 80.2 Å². The highest BCUT2D eigenvalue weighted by molar-refractivity contribution is 7.47. The molecule has 2 unspecified atom stereocenters. The summed E-state index contributed by atoms with van der Waals surface area (Å²) in [5.74, 6) is -1.32. The second-order valence-corrected chi connectivity index (χ2v) is 32.5. The number of carbonyl (C=O) groups is 4. The average Bonchev–Trinajstić information content (AvgIpc) is 0.922. The Balaban J connectivity index is 5.21. The third kappa shape index (κ3) is 74.3. The van der Waals surface area contributed by atoms with Crippen molar-refractivity contribution >= 4 is 39.5 Å². The number of unbranched alkanes of at least 4 members (excludes halogenated alkanes) is 53. The smallest absolute Gasteiger partial charge is 0.462 e. The Kier molecular flexibility index (Phi) is 72.5. The van der Waals surface area contributed by atoms with Gasteiger partial charge in [-0.05, 0) is 31.6 Å². The van der Waals surface area contributed by atoms with Crippen molar-refractivity contribution in [2.45, 2.75) is 451 Å². The highest BCUT2D eigenvalue weighted by atomic mass is 31.2. The largest absolute Gasteiger partial charge is 0.472 e. The molecule has 0 rings (SSSR count). The van der Waals surface area contributed by atoms with Crippen LogP contribution in [0.3, 0.4) is 0 Å². The van der Waals surface area contributed by atoms with Crippen molar-refractivity contribution in [2.75, 3.05) is 39.6 Å². The molecule has 5 atom stereocenters. The van der Waals surface area contributed by atoms with Crippen LogP contribution in [0.4, 0.5) is 0 Å². The lowest BCUT2D eigenvalue weighted by Gasteiger charge is -2.21. The number of ether oxygens (including phenoxy) is 4. The van der Waals surface area contributed by atoms with Gasteiger partial charge in [-0.25, -0.2) is 9.13 Å². The van der Waals surface area contributed by atoms with E-state index in [2.05, 4.69) is 34.6 Å². The zero-order chi connectivity index (χ0) is 73.4. The standard InChI is InChI=1S/C81H158O17P2/c1-6-9-12-15-18-21-24-26-27-28-29-30-31-32-33-37-42-47-52-57-62-67-81(86)98-77(71-92-79(84)65-60-55-50-45-40-38-34-36-39-43-48-53-58-63-74(4)5)73-96-100(89,90)94-69-75(82)68-93-99(87,88)95-72-76(70-91-78(83)64-59-54-49-44-23-20-17-14-11-8-3)97-80(85)66-61-56-51-46-41-35-25-22-19-16-13-10-7-2/h74-77,82H,6-73H2,1-5H3,(H,87,88)(H,89,90)/t75-,76+,77+/m0/s1. The second-order valence-electron chi connectivity index (χ2n) is 29.6. The molecule has 0 amide bonds. The minimum absolute atomic E-state index is 0.108. The van der Waals surface area contributed by atoms with E-state index >= 15 is 0 Å². The number of hydrogen-bond donors (Lipinski definition) is 3. The summed E-state index contributed by atoms with van der Waals surface area (Å²) in [6, 6.07) is 0. The number of esters is 4. The predicted octanol–water partition coefficient (Wildman–Crippen LogP) is 24.4. The summed E-state index contributed by atoms with van der Waals surface area (Å²) in [7, 11) is -9.92. The van der Waals surface area contributed by atoms with Crippen molar-refractivity contribution in [2.24, 2.45) is 5.92 Å². The highest BCUT2D eigenvalue weighted by Gasteiger charge is 2.30. The number of rotatable bonds is 81. The molecular weight excluding hydrogens is 1310 g/mol. The maximum atomic E-state index is 13.1. The van der Waals surface area contributed by atoms with Gasteiger partial charge in [0.05, 0.1) is 26.4 Å². The first kappa shape index (κ1) is 98.1. The predicted molar refractivity (Wildman–Crippen MR) is 409 cm³/mol. The molecule has 0 aliphatic heterocycles. The zero-order valence-corrected chi connectivity index (χ0v) is 67.1. The fourth-order valence-corrected chi connectivity index (χ4v) is 14.2. The molecule has 0 aromatic heterocycles. The third-order valence-electron chi connectivity index (χ3n) is 19.0. The van der Waals surface area contributed by atoms with Crippen molar-refractivity contribution in [1.82, 2.24) is 0 Å². The lowest BCUT2D eigenvalue weighted by atomic mass is 10.0. The van der Waals surface area contributed by atoms with E-state index < -0.39 is 97.5 Å². The van der Waals surface area contributed by atoms with Crippen LogP contribution in [0.25, 0.3) is 0 Å². The normalized spacial score (nSPS) is 13.8. The lowest BCUT2D eigenvalue weighted by molar-refractivity contribution is -0.161. The molecular formula is C81H158O17P2. The second kappa shape index (κ2) is 73.9. The topological polar surface area (TPSA) is 237 Å². The van der Waals surface area contributed by atoms with Crippen molar-refractivity contribution in [1.29, 1.82) is 0 Å². The molecule has 19 heteroatoms. The van der Waals surface area contributed by atoms with Gasteiger partial charge in [0, 0.05) is 25.7 Å². The van der Waals surface area contributed by atoms with Gasteiger partial charge in [-0.15, -0.1) is 0 Å². The Morgan fingerprint density at radius 3 is 0.680 bits per heavy atom. The zero-order valence-electron chi connectivity index (χ0n) is 65.3. The summed E-state index contributed by atoms with van der Waals surface area (Å²) in [6.45, 7) is 7.34. The average molecular weight is 1470 g/mol. The van der Waals surface area contributed by atoms with Gasteiger partial charge in [0.1, 0.15) is 19.3 Å². The van der Waals surface area contributed by atoms with Gasteiger partial charge in [-0.1, -0.05) is 381 Å². The van der Waals surface area contributed by atoms with Crippen LogP contribution >= 0.6 is 15.6 Å². The molecule has 0 radical (unpaired) electrons. The summed E-state index contributed by atoms with van der Waals surface area (Å²) < 4.78 is 68.7. The van der Waals surface area contributed by atoms with Gasteiger partial charge < -0.3 is 33.8 Å². The molecule has 0 aliphatic rings. The summed E-state index contributed by atoms with van der Waals surface area (Å²) in [4.78, 5) is 73.0. The lowest BCUT2D eigenvalue weighted by Crippen LogP contribution is -2.30. The van der Waals surface area contributed by atoms with Crippen LogP contribution in [0.15, 0.2) is 0 Å². The monoisotopic (exact) mass is 1470 g/mol. The van der Waals surface area contributed by atoms with E-state index in [0.717, 1.165) is 95.8 Å². The van der Waals surface area contributed by atoms with Crippen LogP contribution in [0.1, 0.15) is 433 Å². The van der Waals surface area contributed by atoms with Crippen LogP contribution in [0.5, 0.6) is 0 Å². The molecule has 100 heavy (non-hydrogen) atoms. The Morgan fingerprint density at radius 1 is 0.270 bits per heavy atom. The molecule has 17 nitrogen and oxygen atoms in total. The van der Waals surface area contributed by atoms with E-state index in [9.17, 15) is 43.2 Å². The van der Waals surface area contributed by atoms with E-state index in [4.69, 9.17) is 37.0 Å². The van der Waals surface area contributed by atoms with E-state index in [1.807, 2.05) is 0 Å². The maximum Gasteiger partial charge on any atom is 0.472 e. The van der Waals surface area contributed by atoms with Gasteiger partial charge in [0.2, 0.25) is 0 Å². The summed E-state index contributed by atoms with van der Waals surface area (Å²) in [5, 5.41) is 10.6. The van der Waals surface area contributed by atoms with Crippen LogP contribution < -0.4 is 0 Å². The molecule has 0 saturated heterocycles. The quantitative estimate of drug-likeness (QED) is 0.0222. The first-order chi connectivity index (χ1) is 48.5. The van der Waals surface area contributed by atoms with Gasteiger partial charge in [0.25, 0.3) is 0 Å². The van der Waals surface area contributed by atoms with E-state index in [0.29, 0.717) is 25.7 Å². The van der Waals surface area contributed by atoms with Crippen LogP contribution in [-0.2, 0) is 65.4 Å². The van der Waals surface area contributed by atoms with E-state index in [1.54, 1.807) is 0 Å². The molecule has 0 bridgehead atoms. The van der Waals surface area contributed by atoms with Crippen LogP contribution in [0.2, 0.25) is 0 Å². The molecule has 0 spiro atoms.